The third-order valence-electron chi connectivity index (χ3n) is 6.43. The SMILES string of the molecule is O=C(Nc1nc(N2CCCC2CO)nc2c1cnn2C1CCCCC1)c1ccc([N+](=O)[O-])s1. The summed E-state index contributed by atoms with van der Waals surface area (Å²) >= 11 is 0.816. The van der Waals surface area contributed by atoms with Gasteiger partial charge in [-0.25, -0.2) is 4.68 Å². The summed E-state index contributed by atoms with van der Waals surface area (Å²) in [6, 6.07) is 2.93. The van der Waals surface area contributed by atoms with Crippen molar-refractivity contribution in [3.63, 3.8) is 0 Å². The number of thiophene rings is 1. The summed E-state index contributed by atoms with van der Waals surface area (Å²) < 4.78 is 1.94. The normalized spacial score (nSPS) is 19.3. The summed E-state index contributed by atoms with van der Waals surface area (Å²) in [7, 11) is 0. The van der Waals surface area contributed by atoms with Crippen LogP contribution in [-0.2, 0) is 0 Å². The van der Waals surface area contributed by atoms with E-state index in [-0.39, 0.29) is 28.6 Å². The first-order chi connectivity index (χ1) is 16.0. The maximum Gasteiger partial charge on any atom is 0.324 e. The molecule has 174 valence electrons. The summed E-state index contributed by atoms with van der Waals surface area (Å²) in [4.78, 5) is 35.0. The maximum atomic E-state index is 12.9. The average Bonchev–Trinajstić information content (AvgIpc) is 3.58. The molecule has 33 heavy (non-hydrogen) atoms. The second-order valence-corrected chi connectivity index (χ2v) is 9.57. The topological polar surface area (TPSA) is 139 Å². The fraction of sp³-hybridized carbons (Fsp3) is 0.524. The Balaban J connectivity index is 1.54. The van der Waals surface area contributed by atoms with Gasteiger partial charge < -0.3 is 15.3 Å². The number of hydrogen-bond acceptors (Lipinski definition) is 9. The standard InChI is InChI=1S/C21H25N7O4S/c29-12-14-7-4-10-26(14)21-24-18(23-20(30)16-8-9-17(33-16)28(31)32)15-11-22-27(19(15)25-21)13-5-2-1-3-6-13/h8-9,11,13-14,29H,1-7,10,12H2,(H,23,24,25,30). The van der Waals surface area contributed by atoms with E-state index in [9.17, 15) is 20.0 Å². The number of nitrogens with zero attached hydrogens (tertiary/aromatic N) is 6. The van der Waals surface area contributed by atoms with Gasteiger partial charge in [0.2, 0.25) is 5.95 Å². The number of nitrogens with one attached hydrogen (secondary N) is 1. The largest absolute Gasteiger partial charge is 0.394 e. The Morgan fingerprint density at radius 3 is 2.76 bits per heavy atom. The van der Waals surface area contributed by atoms with Crippen molar-refractivity contribution in [1.29, 1.82) is 0 Å². The van der Waals surface area contributed by atoms with E-state index >= 15 is 0 Å². The van der Waals surface area contributed by atoms with Gasteiger partial charge >= 0.3 is 5.00 Å². The highest BCUT2D eigenvalue weighted by molar-refractivity contribution is 7.17. The van der Waals surface area contributed by atoms with Crippen LogP contribution in [0.3, 0.4) is 0 Å². The van der Waals surface area contributed by atoms with Gasteiger partial charge in [-0.05, 0) is 31.7 Å². The molecule has 2 fully saturated rings. The number of aliphatic hydroxyl groups is 1. The summed E-state index contributed by atoms with van der Waals surface area (Å²) in [6.07, 6.45) is 9.01. The zero-order valence-electron chi connectivity index (χ0n) is 18.0. The number of aromatic nitrogens is 4. The van der Waals surface area contributed by atoms with E-state index in [1.807, 2.05) is 9.58 Å². The van der Waals surface area contributed by atoms with Crippen molar-refractivity contribution in [3.8, 4) is 0 Å². The third-order valence-corrected chi connectivity index (χ3v) is 7.47. The zero-order valence-corrected chi connectivity index (χ0v) is 18.8. The van der Waals surface area contributed by atoms with Gasteiger partial charge in [0.1, 0.15) is 5.82 Å². The van der Waals surface area contributed by atoms with Crippen LogP contribution in [0, 0.1) is 10.1 Å². The maximum absolute atomic E-state index is 12.9. The first kappa shape index (κ1) is 21.7. The molecule has 1 unspecified atom stereocenters. The molecule has 12 heteroatoms. The molecule has 1 aliphatic heterocycles. The molecule has 0 spiro atoms. The molecular formula is C21H25N7O4S. The minimum atomic E-state index is -0.515. The van der Waals surface area contributed by atoms with E-state index in [0.717, 1.165) is 56.4 Å². The second-order valence-electron chi connectivity index (χ2n) is 8.51. The Kier molecular flexibility index (Phi) is 5.94. The van der Waals surface area contributed by atoms with E-state index in [1.54, 1.807) is 6.20 Å². The van der Waals surface area contributed by atoms with Gasteiger partial charge in [-0.3, -0.25) is 14.9 Å². The molecule has 1 aliphatic carbocycles. The van der Waals surface area contributed by atoms with Crippen LogP contribution in [-0.4, -0.2) is 54.9 Å². The lowest BCUT2D eigenvalue weighted by Gasteiger charge is -2.25. The van der Waals surface area contributed by atoms with Crippen LogP contribution < -0.4 is 10.2 Å². The number of aliphatic hydroxyl groups excluding tert-OH is 1. The van der Waals surface area contributed by atoms with Gasteiger partial charge in [0.25, 0.3) is 5.91 Å². The Hall–Kier alpha value is -3.12. The van der Waals surface area contributed by atoms with E-state index < -0.39 is 10.8 Å². The molecule has 0 radical (unpaired) electrons. The van der Waals surface area contributed by atoms with Crippen LogP contribution in [0.4, 0.5) is 16.8 Å². The molecule has 11 nitrogen and oxygen atoms in total. The van der Waals surface area contributed by atoms with Gasteiger partial charge in [-0.1, -0.05) is 30.6 Å². The quantitative estimate of drug-likeness (QED) is 0.411. The van der Waals surface area contributed by atoms with Gasteiger partial charge in [0.05, 0.1) is 40.1 Å². The van der Waals surface area contributed by atoms with E-state index in [4.69, 9.17) is 4.98 Å². The zero-order chi connectivity index (χ0) is 22.9. The molecule has 0 bridgehead atoms. The number of hydrogen-bond donors (Lipinski definition) is 2. The molecule has 1 amide bonds. The number of fused-ring (bicyclic) bond motifs is 1. The molecule has 2 N–H and O–H groups in total. The van der Waals surface area contributed by atoms with E-state index in [1.165, 1.54) is 18.6 Å². The van der Waals surface area contributed by atoms with Crippen molar-refractivity contribution < 1.29 is 14.8 Å². The van der Waals surface area contributed by atoms with Crippen molar-refractivity contribution in [1.82, 2.24) is 19.7 Å². The monoisotopic (exact) mass is 471 g/mol. The lowest BCUT2D eigenvalue weighted by molar-refractivity contribution is -0.380. The average molecular weight is 472 g/mol. The molecule has 1 atom stereocenters. The van der Waals surface area contributed by atoms with Crippen LogP contribution in [0.15, 0.2) is 18.3 Å². The molecule has 0 aromatic carbocycles. The van der Waals surface area contributed by atoms with Crippen molar-refractivity contribution >= 4 is 45.0 Å². The molecule has 1 saturated carbocycles. The first-order valence-corrected chi connectivity index (χ1v) is 12.0. The Morgan fingerprint density at radius 1 is 1.21 bits per heavy atom. The molecule has 1 saturated heterocycles. The molecular weight excluding hydrogens is 446 g/mol. The Morgan fingerprint density at radius 2 is 2.03 bits per heavy atom. The minimum Gasteiger partial charge on any atom is -0.394 e. The smallest absolute Gasteiger partial charge is 0.324 e. The fourth-order valence-electron chi connectivity index (χ4n) is 4.74. The molecule has 3 aromatic rings. The number of carbonyl (C=O) groups excluding carboxylic acids is 1. The van der Waals surface area contributed by atoms with Gasteiger partial charge in [0.15, 0.2) is 5.65 Å². The van der Waals surface area contributed by atoms with Gasteiger partial charge in [0, 0.05) is 12.6 Å². The lowest BCUT2D eigenvalue weighted by atomic mass is 9.96. The summed E-state index contributed by atoms with van der Waals surface area (Å²) in [5, 5.41) is 28.8. The second kappa shape index (κ2) is 9.02. The van der Waals surface area contributed by atoms with Crippen LogP contribution >= 0.6 is 11.3 Å². The van der Waals surface area contributed by atoms with Crippen molar-refractivity contribution in [2.24, 2.45) is 0 Å². The van der Waals surface area contributed by atoms with Crippen molar-refractivity contribution in [2.45, 2.75) is 57.0 Å². The third kappa shape index (κ3) is 4.15. The van der Waals surface area contributed by atoms with Crippen LogP contribution in [0.25, 0.3) is 11.0 Å². The Labute approximate surface area is 193 Å². The molecule has 3 aromatic heterocycles. The first-order valence-electron chi connectivity index (χ1n) is 11.2. The minimum absolute atomic E-state index is 0.00381. The number of amides is 1. The Bertz CT molecular complexity index is 1190. The van der Waals surface area contributed by atoms with Crippen LogP contribution in [0.1, 0.15) is 60.7 Å². The van der Waals surface area contributed by atoms with Crippen LogP contribution in [0.5, 0.6) is 0 Å². The summed E-state index contributed by atoms with van der Waals surface area (Å²) in [6.45, 7) is 0.725. The number of carbonyl (C=O) groups is 1. The van der Waals surface area contributed by atoms with Crippen molar-refractivity contribution in [3.05, 3.63) is 33.3 Å². The number of anilines is 2. The predicted octanol–water partition coefficient (Wildman–Crippen LogP) is 3.51. The van der Waals surface area contributed by atoms with Gasteiger partial charge in [-0.15, -0.1) is 0 Å². The highest BCUT2D eigenvalue weighted by Crippen LogP contribution is 2.34. The summed E-state index contributed by atoms with van der Waals surface area (Å²) in [5.74, 6) is 0.301. The summed E-state index contributed by atoms with van der Waals surface area (Å²) in [5.41, 5.74) is 0.656. The number of nitro groups is 1. The predicted molar refractivity (Wildman–Crippen MR) is 124 cm³/mol. The van der Waals surface area contributed by atoms with Crippen LogP contribution in [0.2, 0.25) is 0 Å². The van der Waals surface area contributed by atoms with E-state index in [2.05, 4.69) is 15.4 Å². The highest BCUT2D eigenvalue weighted by Gasteiger charge is 2.29. The van der Waals surface area contributed by atoms with Gasteiger partial charge in [-0.2, -0.15) is 15.1 Å². The molecule has 2 aliphatic rings. The van der Waals surface area contributed by atoms with E-state index in [0.29, 0.717) is 22.8 Å². The number of rotatable bonds is 6. The molecule has 5 rings (SSSR count). The molecule has 4 heterocycles. The lowest BCUT2D eigenvalue weighted by Crippen LogP contribution is -2.33. The van der Waals surface area contributed by atoms with Crippen molar-refractivity contribution in [2.75, 3.05) is 23.4 Å². The highest BCUT2D eigenvalue weighted by atomic mass is 32.1. The fourth-order valence-corrected chi connectivity index (χ4v) is 5.45.